The van der Waals surface area contributed by atoms with Gasteiger partial charge < -0.3 is 20.1 Å². The van der Waals surface area contributed by atoms with E-state index in [1.54, 1.807) is 0 Å². The summed E-state index contributed by atoms with van der Waals surface area (Å²) in [5, 5.41) is 0. The normalized spacial score (nSPS) is 13.8. The van der Waals surface area contributed by atoms with Crippen molar-refractivity contribution in [3.05, 3.63) is 36.5 Å². The van der Waals surface area contributed by atoms with Gasteiger partial charge in [0, 0.05) is 19.4 Å². The van der Waals surface area contributed by atoms with Crippen LogP contribution in [0.5, 0.6) is 0 Å². The molecule has 0 aromatic heterocycles. The quantitative estimate of drug-likeness (QED) is 0.0281. The van der Waals surface area contributed by atoms with E-state index >= 15 is 0 Å². The van der Waals surface area contributed by atoms with Crippen molar-refractivity contribution in [2.75, 3.05) is 26.4 Å². The lowest BCUT2D eigenvalue weighted by Crippen LogP contribution is -2.29. The van der Waals surface area contributed by atoms with Gasteiger partial charge in [-0.15, -0.1) is 0 Å². The number of carbonyl (C=O) groups excluding carboxylic acids is 2. The first-order chi connectivity index (χ1) is 23.8. The lowest BCUT2D eigenvalue weighted by molar-refractivity contribution is -0.161. The number of allylic oxidation sites excluding steroid dienone is 6. The molecule has 0 amide bonds. The fourth-order valence-corrected chi connectivity index (χ4v) is 5.83. The predicted molar refractivity (Wildman–Crippen MR) is 201 cm³/mol. The van der Waals surface area contributed by atoms with Crippen LogP contribution < -0.4 is 5.73 Å². The van der Waals surface area contributed by atoms with Gasteiger partial charge in [0.2, 0.25) is 0 Å². The van der Waals surface area contributed by atoms with E-state index < -0.39 is 32.5 Å². The van der Waals surface area contributed by atoms with E-state index in [2.05, 4.69) is 50.3 Å². The SMILES string of the molecule is CCCCC/C=C/C/C=C/CCCCCCCC(=O)O[C@H](COC(=O)CCCCC/C=C/CCCCCCCC)COP(=O)(O)OCCN. The molecule has 0 aliphatic heterocycles. The summed E-state index contributed by atoms with van der Waals surface area (Å²) in [6, 6.07) is 0. The maximum atomic E-state index is 12.5. The van der Waals surface area contributed by atoms with E-state index in [0.29, 0.717) is 12.8 Å². The molecule has 0 aromatic carbocycles. The zero-order valence-corrected chi connectivity index (χ0v) is 32.1. The van der Waals surface area contributed by atoms with Crippen molar-refractivity contribution in [1.29, 1.82) is 0 Å². The fraction of sp³-hybridized carbons (Fsp3) is 0.795. The molecule has 0 aromatic rings. The highest BCUT2D eigenvalue weighted by Gasteiger charge is 2.25. The summed E-state index contributed by atoms with van der Waals surface area (Å²) < 4.78 is 32.6. The number of hydrogen-bond acceptors (Lipinski definition) is 8. The Kier molecular flexibility index (Phi) is 34.7. The molecule has 0 radical (unpaired) electrons. The minimum absolute atomic E-state index is 0.0486. The number of nitrogens with two attached hydrogens (primary N) is 1. The summed E-state index contributed by atoms with van der Waals surface area (Å²) >= 11 is 0. The molecule has 1 unspecified atom stereocenters. The monoisotopic (exact) mass is 713 g/mol. The first kappa shape index (κ1) is 47.2. The average Bonchev–Trinajstić information content (AvgIpc) is 3.08. The van der Waals surface area contributed by atoms with Crippen molar-refractivity contribution in [3.63, 3.8) is 0 Å². The van der Waals surface area contributed by atoms with E-state index in [-0.39, 0.29) is 32.6 Å². The van der Waals surface area contributed by atoms with Crippen LogP contribution in [0.4, 0.5) is 0 Å². The number of ether oxygens (including phenoxy) is 2. The number of hydrogen-bond donors (Lipinski definition) is 2. The van der Waals surface area contributed by atoms with Gasteiger partial charge in [-0.05, 0) is 70.6 Å². The Morgan fingerprint density at radius 2 is 1.06 bits per heavy atom. The molecule has 0 aliphatic rings. The van der Waals surface area contributed by atoms with Crippen LogP contribution in [0.2, 0.25) is 0 Å². The van der Waals surface area contributed by atoms with E-state index in [1.165, 1.54) is 64.2 Å². The Morgan fingerprint density at radius 1 is 0.612 bits per heavy atom. The standard InChI is InChI=1S/C39H72NO8P/c1-3-5-7-9-11-13-15-17-18-20-22-24-26-28-30-32-39(42)48-37(36-47-49(43,44)46-34-33-40)35-45-38(41)31-29-27-25-23-21-19-16-14-12-10-8-6-4-2/h11,13,17-19,21,37H,3-10,12,14-16,20,22-36,40H2,1-2H3,(H,43,44)/b13-11+,18-17+,21-19+/t37-/m1/s1. The van der Waals surface area contributed by atoms with Crippen molar-refractivity contribution in [3.8, 4) is 0 Å². The first-order valence-corrected chi connectivity index (χ1v) is 21.0. The van der Waals surface area contributed by atoms with Crippen molar-refractivity contribution >= 4 is 19.8 Å². The Bertz CT molecular complexity index is 907. The number of phosphoric acid groups is 1. The molecule has 49 heavy (non-hydrogen) atoms. The number of rotatable bonds is 36. The molecule has 0 fully saturated rings. The molecule has 10 heteroatoms. The number of phosphoric ester groups is 1. The molecule has 0 heterocycles. The largest absolute Gasteiger partial charge is 0.472 e. The Labute approximate surface area is 299 Å². The molecule has 0 spiro atoms. The smallest absolute Gasteiger partial charge is 0.462 e. The molecule has 0 aliphatic carbocycles. The van der Waals surface area contributed by atoms with Crippen LogP contribution in [-0.2, 0) is 32.7 Å². The highest BCUT2D eigenvalue weighted by atomic mass is 31.2. The summed E-state index contributed by atoms with van der Waals surface area (Å²) in [5.41, 5.74) is 5.33. The van der Waals surface area contributed by atoms with Gasteiger partial charge in [-0.1, -0.05) is 121 Å². The third kappa shape index (κ3) is 35.8. The van der Waals surface area contributed by atoms with Gasteiger partial charge in [0.1, 0.15) is 6.61 Å². The van der Waals surface area contributed by atoms with Gasteiger partial charge in [0.05, 0.1) is 13.2 Å². The second-order valence-corrected chi connectivity index (χ2v) is 14.2. The van der Waals surface area contributed by atoms with Crippen LogP contribution in [0, 0.1) is 0 Å². The van der Waals surface area contributed by atoms with E-state index in [4.69, 9.17) is 24.3 Å². The Morgan fingerprint density at radius 3 is 1.63 bits per heavy atom. The summed E-state index contributed by atoms with van der Waals surface area (Å²) in [6.45, 7) is 3.65. The third-order valence-corrected chi connectivity index (χ3v) is 8.98. The third-order valence-electron chi connectivity index (χ3n) is 8.00. The first-order valence-electron chi connectivity index (χ1n) is 19.5. The average molecular weight is 714 g/mol. The Balaban J connectivity index is 4.27. The van der Waals surface area contributed by atoms with Crippen LogP contribution >= 0.6 is 7.82 Å². The van der Waals surface area contributed by atoms with Gasteiger partial charge in [0.15, 0.2) is 6.10 Å². The van der Waals surface area contributed by atoms with Crippen molar-refractivity contribution in [1.82, 2.24) is 0 Å². The zero-order chi connectivity index (χ0) is 36.1. The summed E-state index contributed by atoms with van der Waals surface area (Å²) in [7, 11) is -4.38. The van der Waals surface area contributed by atoms with Crippen molar-refractivity contribution in [2.24, 2.45) is 5.73 Å². The molecular weight excluding hydrogens is 641 g/mol. The highest BCUT2D eigenvalue weighted by molar-refractivity contribution is 7.47. The van der Waals surface area contributed by atoms with Gasteiger partial charge in [-0.25, -0.2) is 4.57 Å². The highest BCUT2D eigenvalue weighted by Crippen LogP contribution is 2.43. The minimum Gasteiger partial charge on any atom is -0.462 e. The van der Waals surface area contributed by atoms with Gasteiger partial charge in [-0.3, -0.25) is 18.6 Å². The molecule has 3 N–H and O–H groups in total. The molecule has 0 rings (SSSR count). The minimum atomic E-state index is -4.38. The molecule has 0 saturated heterocycles. The second kappa shape index (κ2) is 36.0. The molecule has 286 valence electrons. The van der Waals surface area contributed by atoms with Crippen LogP contribution in [0.25, 0.3) is 0 Å². The second-order valence-electron chi connectivity index (χ2n) is 12.8. The van der Waals surface area contributed by atoms with Crippen molar-refractivity contribution < 1.29 is 37.6 Å². The van der Waals surface area contributed by atoms with Crippen LogP contribution in [0.3, 0.4) is 0 Å². The zero-order valence-electron chi connectivity index (χ0n) is 31.2. The number of unbranched alkanes of at least 4 members (excludes halogenated alkanes) is 17. The lowest BCUT2D eigenvalue weighted by atomic mass is 10.1. The van der Waals surface area contributed by atoms with Gasteiger partial charge in [-0.2, -0.15) is 0 Å². The molecule has 2 atom stereocenters. The maximum Gasteiger partial charge on any atom is 0.472 e. The summed E-state index contributed by atoms with van der Waals surface area (Å²) in [4.78, 5) is 34.7. The van der Waals surface area contributed by atoms with E-state index in [9.17, 15) is 19.0 Å². The lowest BCUT2D eigenvalue weighted by Gasteiger charge is -2.19. The van der Waals surface area contributed by atoms with Crippen LogP contribution in [0.1, 0.15) is 168 Å². The summed E-state index contributed by atoms with van der Waals surface area (Å²) in [6.07, 6.45) is 37.4. The van der Waals surface area contributed by atoms with E-state index in [1.807, 2.05) is 0 Å². The van der Waals surface area contributed by atoms with Crippen LogP contribution in [-0.4, -0.2) is 49.3 Å². The van der Waals surface area contributed by atoms with Crippen molar-refractivity contribution in [2.45, 2.75) is 174 Å². The molecule has 9 nitrogen and oxygen atoms in total. The van der Waals surface area contributed by atoms with Crippen LogP contribution in [0.15, 0.2) is 36.5 Å². The topological polar surface area (TPSA) is 134 Å². The maximum absolute atomic E-state index is 12.5. The number of carbonyl (C=O) groups is 2. The van der Waals surface area contributed by atoms with Gasteiger partial charge >= 0.3 is 19.8 Å². The van der Waals surface area contributed by atoms with E-state index in [0.717, 1.165) is 64.2 Å². The predicted octanol–water partition coefficient (Wildman–Crippen LogP) is 10.6. The molecule has 0 bridgehead atoms. The fourth-order valence-electron chi connectivity index (χ4n) is 5.07. The molecule has 0 saturated carbocycles. The Hall–Kier alpha value is -1.77. The molecular formula is C39H72NO8P. The van der Waals surface area contributed by atoms with Gasteiger partial charge in [0.25, 0.3) is 0 Å². The number of esters is 2. The summed E-state index contributed by atoms with van der Waals surface area (Å²) in [5.74, 6) is -0.865.